The Morgan fingerprint density at radius 2 is 1.62 bits per heavy atom. The minimum absolute atomic E-state index is 0.0586. The Balaban J connectivity index is 1.08. The molecule has 0 unspecified atom stereocenters. The molecule has 5 N–H and O–H groups in total. The van der Waals surface area contributed by atoms with Gasteiger partial charge in [0.05, 0.1) is 41.2 Å². The number of piperidine rings is 1. The number of benzene rings is 2. The number of ether oxygens (including phenoxy) is 5. The topological polar surface area (TPSA) is 225 Å². The lowest BCUT2D eigenvalue weighted by molar-refractivity contribution is -0.114. The highest BCUT2D eigenvalue weighted by atomic mass is 16.7. The summed E-state index contributed by atoms with van der Waals surface area (Å²) < 4.78 is 31.0. The van der Waals surface area contributed by atoms with E-state index in [9.17, 15) is 30.0 Å². The van der Waals surface area contributed by atoms with Gasteiger partial charge in [-0.1, -0.05) is 59.8 Å². The summed E-state index contributed by atoms with van der Waals surface area (Å²) in [6, 6.07) is 0. The van der Waals surface area contributed by atoms with Gasteiger partial charge < -0.3 is 59.2 Å². The molecule has 0 radical (unpaired) electrons. The molecule has 8 aliphatic rings. The van der Waals surface area contributed by atoms with Crippen molar-refractivity contribution in [1.29, 1.82) is 0 Å². The number of phenolic OH excluding ortho intramolecular Hbond substituents is 2. The van der Waals surface area contributed by atoms with Gasteiger partial charge in [-0.15, -0.1) is 0 Å². The summed E-state index contributed by atoms with van der Waals surface area (Å²) in [4.78, 5) is 60.1. The molecule has 76 heavy (non-hydrogen) atoms. The van der Waals surface area contributed by atoms with Crippen LogP contribution in [0.25, 0.3) is 10.8 Å². The van der Waals surface area contributed by atoms with E-state index in [1.807, 2.05) is 20.8 Å². The van der Waals surface area contributed by atoms with Crippen LogP contribution in [-0.2, 0) is 23.7 Å². The first-order valence-corrected chi connectivity index (χ1v) is 27.8. The first-order chi connectivity index (χ1) is 36.1. The molecule has 2 aromatic carbocycles. The molecule has 2 amide bonds. The van der Waals surface area contributed by atoms with Crippen molar-refractivity contribution in [2.75, 3.05) is 71.5 Å². The summed E-state index contributed by atoms with van der Waals surface area (Å²) in [6.07, 6.45) is 9.77. The van der Waals surface area contributed by atoms with Crippen molar-refractivity contribution in [3.63, 3.8) is 0 Å². The van der Waals surface area contributed by atoms with Crippen molar-refractivity contribution in [2.45, 2.75) is 149 Å². The summed E-state index contributed by atoms with van der Waals surface area (Å²) in [5.74, 6) is -5.61. The number of allylic oxidation sites excluding steroid dienone is 2. The predicted molar refractivity (Wildman–Crippen MR) is 286 cm³/mol. The Labute approximate surface area is 446 Å². The molecule has 18 nitrogen and oxygen atoms in total. The quantitative estimate of drug-likeness (QED) is 0.201. The molecule has 5 bridgehead atoms. The third kappa shape index (κ3) is 10.4. The maximum absolute atomic E-state index is 15.1. The number of aliphatic hydroxyl groups is 2. The molecule has 3 saturated heterocycles. The standard InChI is InChI=1S/C58H82N6O12/c1-32(2)29-62-22-20-58(21-23-62)60-44-41-42-49(67)38(8)52-43(41)53(69)56(9,76-52)74-28-17-40(72-10)35(5)51(75-55(71)63-24-25-64(57(31-63)18-12-19-57)30-39-15-26-73-27-16-39)37(7)48(66)36(6)47(65)33(3)13-11-14-34(4)54(70)59-46(50(42)68)45(44)61-58/h11,13-14,17,28,32-33,35-37,39-40,47-48,51,60,65-68H,12,15-16,18-27,29-31H2,1-10H3/b13-11+,28-17+,34-14-,59-46?/t33-,35+,36+,37+,40-,47-,48+,51+,56-/m0/s1. The molecule has 2 aromatic rings. The van der Waals surface area contributed by atoms with E-state index >= 15 is 4.79 Å². The van der Waals surface area contributed by atoms with E-state index in [-0.39, 0.29) is 55.2 Å². The fraction of sp³-hybridized carbons (Fsp3) is 0.672. The monoisotopic (exact) mass is 1050 g/mol. The van der Waals surface area contributed by atoms with Gasteiger partial charge >= 0.3 is 11.9 Å². The Hall–Kier alpha value is -5.11. The van der Waals surface area contributed by atoms with Crippen molar-refractivity contribution in [1.82, 2.24) is 14.7 Å². The van der Waals surface area contributed by atoms with Gasteiger partial charge in [0.15, 0.2) is 5.75 Å². The van der Waals surface area contributed by atoms with Gasteiger partial charge in [-0.2, -0.15) is 0 Å². The van der Waals surface area contributed by atoms with Crippen LogP contribution in [0.2, 0.25) is 0 Å². The van der Waals surface area contributed by atoms with E-state index in [2.05, 4.69) is 34.0 Å². The number of fused-ring (bicyclic) bond motifs is 13. The molecule has 2 spiro atoms. The van der Waals surface area contributed by atoms with Crippen molar-refractivity contribution in [2.24, 2.45) is 45.5 Å². The minimum Gasteiger partial charge on any atom is -0.507 e. The molecule has 1 saturated carbocycles. The van der Waals surface area contributed by atoms with Crippen LogP contribution in [0.15, 0.2) is 46.1 Å². The van der Waals surface area contributed by atoms with E-state index < -0.39 is 83.1 Å². The van der Waals surface area contributed by atoms with Crippen LogP contribution in [0.1, 0.15) is 116 Å². The zero-order valence-electron chi connectivity index (χ0n) is 46.3. The first-order valence-electron chi connectivity index (χ1n) is 27.8. The number of phenols is 2. The zero-order valence-corrected chi connectivity index (χ0v) is 46.3. The largest absolute Gasteiger partial charge is 0.507 e. The van der Waals surface area contributed by atoms with Crippen molar-refractivity contribution in [3.8, 4) is 17.2 Å². The van der Waals surface area contributed by atoms with Crippen molar-refractivity contribution < 1.29 is 58.5 Å². The number of hydrogen-bond acceptors (Lipinski definition) is 16. The van der Waals surface area contributed by atoms with Crippen LogP contribution in [0.3, 0.4) is 0 Å². The molecule has 4 fully saturated rings. The summed E-state index contributed by atoms with van der Waals surface area (Å²) in [7, 11) is 1.52. The molecule has 10 rings (SSSR count). The lowest BCUT2D eigenvalue weighted by Crippen LogP contribution is -2.67. The third-order valence-electron chi connectivity index (χ3n) is 18.0. The van der Waals surface area contributed by atoms with Gasteiger partial charge in [-0.05, 0) is 63.9 Å². The SMILES string of the molecule is CO[C@H]1/C=C/O[C@@]2(C)Oc3c(C)c(O)c4c(O)c(c5c(c4c3C2=O)NC2(CCN(CC(C)C)CC2)N=5)=NC(=O)/C(C)=C\C=C\[C@H](C)[C@H](O)[C@@H](C)[C@@H](O)[C@@H](C)[C@H](OC(=O)N2CCN(CC3CCOCC3)C3(CCC3)C2)[C@@H]1C. The minimum atomic E-state index is -1.98. The highest BCUT2D eigenvalue weighted by molar-refractivity contribution is 6.21. The number of nitrogens with one attached hydrogen (secondary N) is 1. The van der Waals surface area contributed by atoms with Crippen LogP contribution in [0.4, 0.5) is 10.5 Å². The van der Waals surface area contributed by atoms with E-state index in [1.165, 1.54) is 20.3 Å². The molecular formula is C58H82N6O12. The van der Waals surface area contributed by atoms with Gasteiger partial charge in [0.25, 0.3) is 11.7 Å². The average molecular weight is 1060 g/mol. The Morgan fingerprint density at radius 1 is 0.908 bits per heavy atom. The van der Waals surface area contributed by atoms with Gasteiger partial charge in [0, 0.05) is 132 Å². The summed E-state index contributed by atoms with van der Waals surface area (Å²) in [5, 5.41) is 52.0. The van der Waals surface area contributed by atoms with E-state index in [1.54, 1.807) is 50.0 Å². The molecular weight excluding hydrogens is 973 g/mol. The number of likely N-dealkylation sites (tertiary alicyclic amines) is 1. The molecule has 18 heteroatoms. The van der Waals surface area contributed by atoms with Crippen LogP contribution in [0.5, 0.6) is 17.2 Å². The maximum Gasteiger partial charge on any atom is 0.410 e. The number of rotatable bonds is 6. The second kappa shape index (κ2) is 22.0. The third-order valence-corrected chi connectivity index (χ3v) is 18.0. The predicted octanol–water partition coefficient (Wildman–Crippen LogP) is 6.29. The molecule has 7 aliphatic heterocycles. The Bertz CT molecular complexity index is 2780. The molecule has 1 aliphatic carbocycles. The summed E-state index contributed by atoms with van der Waals surface area (Å²) in [5.41, 5.74) is -0.226. The summed E-state index contributed by atoms with van der Waals surface area (Å²) >= 11 is 0. The van der Waals surface area contributed by atoms with Crippen LogP contribution in [0, 0.1) is 42.4 Å². The number of piperazine rings is 1. The fourth-order valence-corrected chi connectivity index (χ4v) is 13.0. The molecule has 9 atom stereocenters. The number of carbonyl (C=O) groups excluding carboxylic acids is 3. The number of Topliss-reactive ketones (excluding diaryl/α,β-unsaturated/α-hetero) is 1. The van der Waals surface area contributed by atoms with Crippen LogP contribution >= 0.6 is 0 Å². The van der Waals surface area contributed by atoms with Gasteiger partial charge in [-0.3, -0.25) is 19.5 Å². The normalized spacial score (nSPS) is 33.0. The number of ketones is 1. The van der Waals surface area contributed by atoms with E-state index in [4.69, 9.17) is 28.7 Å². The highest BCUT2D eigenvalue weighted by Gasteiger charge is 2.52. The number of aromatic hydroxyl groups is 2. The van der Waals surface area contributed by atoms with E-state index in [0.717, 1.165) is 78.0 Å². The summed E-state index contributed by atoms with van der Waals surface area (Å²) in [6.45, 7) is 22.9. The van der Waals surface area contributed by atoms with Crippen molar-refractivity contribution >= 4 is 34.2 Å². The number of carbonyl (C=O) groups is 3. The number of hydrogen-bond donors (Lipinski definition) is 5. The highest BCUT2D eigenvalue weighted by Crippen LogP contribution is 2.51. The molecule has 416 valence electrons. The smallest absolute Gasteiger partial charge is 0.410 e. The van der Waals surface area contributed by atoms with Crippen LogP contribution in [-0.4, -0.2) is 160 Å². The number of anilines is 1. The lowest BCUT2D eigenvalue weighted by Gasteiger charge is -2.56. The second-order valence-electron chi connectivity index (χ2n) is 23.8. The molecule has 0 aromatic heterocycles. The Morgan fingerprint density at radius 3 is 2.28 bits per heavy atom. The number of nitrogens with zero attached hydrogens (tertiary/aromatic N) is 5. The number of aliphatic hydroxyl groups excluding tert-OH is 2. The lowest BCUT2D eigenvalue weighted by atomic mass is 9.73. The number of methoxy groups -OCH3 is 1. The van der Waals surface area contributed by atoms with Gasteiger partial charge in [0.2, 0.25) is 0 Å². The van der Waals surface area contributed by atoms with E-state index in [0.29, 0.717) is 43.5 Å². The van der Waals surface area contributed by atoms with Gasteiger partial charge in [0.1, 0.15) is 34.0 Å². The van der Waals surface area contributed by atoms with Crippen LogP contribution < -0.4 is 20.8 Å². The fourth-order valence-electron chi connectivity index (χ4n) is 13.0. The molecule has 7 heterocycles. The van der Waals surface area contributed by atoms with Gasteiger partial charge in [-0.25, -0.2) is 9.79 Å². The Kier molecular flexibility index (Phi) is 16.1. The first kappa shape index (κ1) is 55.6. The zero-order chi connectivity index (χ0) is 54.6. The second-order valence-corrected chi connectivity index (χ2v) is 23.8. The maximum atomic E-state index is 15.1. The van der Waals surface area contributed by atoms with Crippen molar-refractivity contribution in [3.05, 3.63) is 58.0 Å². The average Bonchev–Trinajstić information content (AvgIpc) is 4.01. The number of amides is 2.